The topological polar surface area (TPSA) is 131 Å². The molecule has 0 aromatic heterocycles. The molecule has 1 aliphatic rings. The zero-order chi connectivity index (χ0) is 26.5. The molecule has 36 heavy (non-hydrogen) atoms. The molecule has 0 saturated carbocycles. The first-order valence-electron chi connectivity index (χ1n) is 12.5. The molecule has 0 saturated heterocycles. The summed E-state index contributed by atoms with van der Waals surface area (Å²) in [6, 6.07) is 12.0. The summed E-state index contributed by atoms with van der Waals surface area (Å²) in [7, 11) is -1.67. The minimum Gasteiger partial charge on any atom is -0.496 e. The van der Waals surface area contributed by atoms with Crippen LogP contribution in [0.4, 0.5) is 0 Å². The van der Waals surface area contributed by atoms with Gasteiger partial charge in [-0.05, 0) is 37.5 Å². The highest BCUT2D eigenvalue weighted by molar-refractivity contribution is 8.24. The number of hydrogen-bond donors (Lipinski definition) is 6. The predicted octanol–water partition coefficient (Wildman–Crippen LogP) is 4.76. The van der Waals surface area contributed by atoms with Crippen molar-refractivity contribution in [3.63, 3.8) is 0 Å². The number of carbonyl (C=O) groups is 1. The summed E-state index contributed by atoms with van der Waals surface area (Å²) in [6.07, 6.45) is 2.41. The predicted molar refractivity (Wildman–Crippen MR) is 143 cm³/mol. The maximum Gasteiger partial charge on any atom is 0.323 e. The highest BCUT2D eigenvalue weighted by Gasteiger charge is 2.42. The molecule has 9 heteroatoms. The largest absolute Gasteiger partial charge is 0.496 e. The molecular formula is C27H40N2O6S. The summed E-state index contributed by atoms with van der Waals surface area (Å²) in [5.74, 6) is -0.469. The second kappa shape index (κ2) is 11.9. The van der Waals surface area contributed by atoms with Crippen LogP contribution in [0.1, 0.15) is 69.2 Å². The Kier molecular flexibility index (Phi) is 9.43. The third-order valence-electron chi connectivity index (χ3n) is 7.08. The number of rotatable bonds is 11. The number of unbranched alkanes of at least 4 members (excludes halogenated alkanes) is 1. The molecule has 1 heterocycles. The van der Waals surface area contributed by atoms with Gasteiger partial charge in [-0.1, -0.05) is 57.0 Å². The quantitative estimate of drug-likeness (QED) is 0.250. The number of aliphatic hydroxyl groups is 1. The number of benzene rings is 2. The Balaban J connectivity index is 2.15. The van der Waals surface area contributed by atoms with Gasteiger partial charge >= 0.3 is 5.97 Å². The molecule has 3 rings (SSSR count). The fourth-order valence-corrected chi connectivity index (χ4v) is 7.22. The summed E-state index contributed by atoms with van der Waals surface area (Å²) < 4.78 is 28.8. The van der Waals surface area contributed by atoms with Gasteiger partial charge in [0.1, 0.15) is 11.8 Å². The Labute approximate surface area is 215 Å². The van der Waals surface area contributed by atoms with E-state index < -0.39 is 34.2 Å². The van der Waals surface area contributed by atoms with Crippen LogP contribution in [0, 0.1) is 0 Å². The number of aliphatic hydroxyl groups excluding tert-OH is 1. The zero-order valence-corrected chi connectivity index (χ0v) is 22.3. The van der Waals surface area contributed by atoms with Crippen LogP contribution < -0.4 is 15.4 Å². The Bertz CT molecular complexity index is 1030. The van der Waals surface area contributed by atoms with Crippen molar-refractivity contribution in [2.45, 2.75) is 81.6 Å². The number of carboxylic acid groups (broad SMARTS) is 1. The van der Waals surface area contributed by atoms with Crippen molar-refractivity contribution in [2.24, 2.45) is 0 Å². The van der Waals surface area contributed by atoms with Crippen LogP contribution in [-0.2, 0) is 11.3 Å². The SMILES string of the molecule is CCCC[C@]1(CC)CS(O)(O)c2cc(CN[C@H](C(=O)O)C(C)O)c(OC)cc2[C@@H](c2ccccc2)N1. The fourth-order valence-electron chi connectivity index (χ4n) is 4.98. The summed E-state index contributed by atoms with van der Waals surface area (Å²) in [6.45, 7) is 5.69. The molecule has 1 aliphatic heterocycles. The molecule has 0 spiro atoms. The molecule has 8 nitrogen and oxygen atoms in total. The molecule has 4 atom stereocenters. The maximum absolute atomic E-state index is 11.6. The van der Waals surface area contributed by atoms with Crippen molar-refractivity contribution in [3.05, 3.63) is 59.2 Å². The Morgan fingerprint density at radius 1 is 1.25 bits per heavy atom. The lowest BCUT2D eigenvalue weighted by Gasteiger charge is -2.42. The van der Waals surface area contributed by atoms with Crippen LogP contribution in [0.15, 0.2) is 47.4 Å². The monoisotopic (exact) mass is 520 g/mol. The average Bonchev–Trinajstić information content (AvgIpc) is 2.94. The molecule has 0 radical (unpaired) electrons. The van der Waals surface area contributed by atoms with Crippen LogP contribution in [0.2, 0.25) is 0 Å². The van der Waals surface area contributed by atoms with Gasteiger partial charge in [0.05, 0.1) is 29.9 Å². The number of fused-ring (bicyclic) bond motifs is 1. The minimum atomic E-state index is -3.20. The van der Waals surface area contributed by atoms with E-state index in [4.69, 9.17) is 4.74 Å². The minimum absolute atomic E-state index is 0.0754. The highest BCUT2D eigenvalue weighted by Crippen LogP contribution is 2.58. The van der Waals surface area contributed by atoms with Gasteiger partial charge < -0.3 is 14.9 Å². The summed E-state index contributed by atoms with van der Waals surface area (Å²) in [4.78, 5) is 12.0. The lowest BCUT2D eigenvalue weighted by Crippen LogP contribution is -2.49. The molecule has 0 amide bonds. The molecule has 0 aliphatic carbocycles. The van der Waals surface area contributed by atoms with E-state index in [0.29, 0.717) is 16.2 Å². The number of aliphatic carboxylic acids is 1. The van der Waals surface area contributed by atoms with Crippen LogP contribution in [-0.4, -0.2) is 55.8 Å². The molecular weight excluding hydrogens is 480 g/mol. The third-order valence-corrected chi connectivity index (χ3v) is 9.10. The zero-order valence-electron chi connectivity index (χ0n) is 21.5. The highest BCUT2D eigenvalue weighted by atomic mass is 32.3. The summed E-state index contributed by atoms with van der Waals surface area (Å²) in [5.41, 5.74) is 1.87. The van der Waals surface area contributed by atoms with Crippen LogP contribution in [0.3, 0.4) is 0 Å². The van der Waals surface area contributed by atoms with Gasteiger partial charge in [-0.25, -0.2) is 0 Å². The van der Waals surface area contributed by atoms with Crippen molar-refractivity contribution < 1.29 is 28.8 Å². The van der Waals surface area contributed by atoms with Crippen LogP contribution in [0.5, 0.6) is 5.75 Å². The summed E-state index contributed by atoms with van der Waals surface area (Å²) >= 11 is 0. The van der Waals surface area contributed by atoms with Crippen LogP contribution in [0.25, 0.3) is 0 Å². The van der Waals surface area contributed by atoms with Gasteiger partial charge in [0.15, 0.2) is 0 Å². The van der Waals surface area contributed by atoms with Gasteiger partial charge in [-0.2, -0.15) is 10.6 Å². The van der Waals surface area contributed by atoms with E-state index in [-0.39, 0.29) is 18.3 Å². The average molecular weight is 521 g/mol. The first-order valence-corrected chi connectivity index (χ1v) is 14.2. The summed E-state index contributed by atoms with van der Waals surface area (Å²) in [5, 5.41) is 26.0. The molecule has 6 N–H and O–H groups in total. The number of carboxylic acids is 1. The van der Waals surface area contributed by atoms with E-state index in [1.165, 1.54) is 14.0 Å². The van der Waals surface area contributed by atoms with E-state index in [2.05, 4.69) is 24.5 Å². The first-order chi connectivity index (χ1) is 17.1. The van der Waals surface area contributed by atoms with Gasteiger partial charge in [0.2, 0.25) is 0 Å². The number of hydrogen-bond acceptors (Lipinski definition) is 7. The molecule has 2 aromatic carbocycles. The fraction of sp³-hybridized carbons (Fsp3) is 0.519. The van der Waals surface area contributed by atoms with Crippen molar-refractivity contribution in [1.82, 2.24) is 10.6 Å². The van der Waals surface area contributed by atoms with Crippen molar-refractivity contribution in [3.8, 4) is 5.75 Å². The van der Waals surface area contributed by atoms with E-state index >= 15 is 0 Å². The second-order valence-electron chi connectivity index (χ2n) is 9.68. The van der Waals surface area contributed by atoms with Gasteiger partial charge in [0, 0.05) is 23.2 Å². The van der Waals surface area contributed by atoms with Crippen LogP contribution >= 0.6 is 10.6 Å². The number of ether oxygens (including phenoxy) is 1. The Morgan fingerprint density at radius 3 is 2.50 bits per heavy atom. The number of methoxy groups -OCH3 is 1. The third kappa shape index (κ3) is 6.22. The molecule has 2 aromatic rings. The lowest BCUT2D eigenvalue weighted by atomic mass is 9.88. The standard InChI is InChI=1S/C27H40N2O6S/c1-5-7-13-27(6-2)17-36(33,34)23-14-20(16-28-24(18(3)30)26(31)32)22(35-4)15-21(23)25(29-27)19-11-9-8-10-12-19/h8-12,14-15,18,24-25,28-30,33-34H,5-7,13,16-17H2,1-4H3,(H,31,32)/t18?,24-,25+,27+/m0/s1. The van der Waals surface area contributed by atoms with Gasteiger partial charge in [-0.15, -0.1) is 0 Å². The van der Waals surface area contributed by atoms with Gasteiger partial charge in [-0.3, -0.25) is 24.5 Å². The first kappa shape index (κ1) is 28.4. The smallest absolute Gasteiger partial charge is 0.323 e. The second-order valence-corrected chi connectivity index (χ2v) is 11.7. The Hall–Kier alpha value is -2.14. The normalized spacial score (nSPS) is 23.7. The molecule has 0 bridgehead atoms. The van der Waals surface area contributed by atoms with E-state index in [1.54, 1.807) is 6.07 Å². The van der Waals surface area contributed by atoms with E-state index in [9.17, 15) is 24.1 Å². The van der Waals surface area contributed by atoms with Gasteiger partial charge in [0.25, 0.3) is 0 Å². The van der Waals surface area contributed by atoms with Crippen molar-refractivity contribution in [2.75, 3.05) is 12.9 Å². The Morgan fingerprint density at radius 2 is 1.94 bits per heavy atom. The van der Waals surface area contributed by atoms with E-state index in [0.717, 1.165) is 36.8 Å². The van der Waals surface area contributed by atoms with Crippen molar-refractivity contribution >= 4 is 16.6 Å². The lowest BCUT2D eigenvalue weighted by molar-refractivity contribution is -0.142. The molecule has 1 unspecified atom stereocenters. The molecule has 200 valence electrons. The van der Waals surface area contributed by atoms with Crippen molar-refractivity contribution in [1.29, 1.82) is 0 Å². The molecule has 0 fully saturated rings. The number of nitrogens with one attached hydrogen (secondary N) is 2. The van der Waals surface area contributed by atoms with E-state index in [1.807, 2.05) is 36.4 Å². The maximum atomic E-state index is 11.6.